The number of likely N-dealkylation sites (tertiary alicyclic amines) is 1. The molecule has 5 rings (SSSR count). The van der Waals surface area contributed by atoms with E-state index >= 15 is 0 Å². The number of hydrogen-bond donors (Lipinski definition) is 0. The van der Waals surface area contributed by atoms with Gasteiger partial charge < -0.3 is 14.1 Å². The summed E-state index contributed by atoms with van der Waals surface area (Å²) in [6, 6.07) is 14.3. The average Bonchev–Trinajstić information content (AvgIpc) is 3.41. The summed E-state index contributed by atoms with van der Waals surface area (Å²) in [6.45, 7) is 7.59. The van der Waals surface area contributed by atoms with Gasteiger partial charge in [0.2, 0.25) is 0 Å². The van der Waals surface area contributed by atoms with E-state index in [1.54, 1.807) is 12.3 Å². The SMILES string of the molecule is O=C(c1ccoc1)N1CCC(Oc2cccc(CN3CCN(Cc4cccnc4)CC3)c2)CC1. The van der Waals surface area contributed by atoms with Crippen molar-refractivity contribution >= 4 is 5.91 Å². The Morgan fingerprint density at radius 3 is 2.35 bits per heavy atom. The summed E-state index contributed by atoms with van der Waals surface area (Å²) < 4.78 is 11.3. The van der Waals surface area contributed by atoms with E-state index in [0.29, 0.717) is 18.7 Å². The van der Waals surface area contributed by atoms with Crippen molar-refractivity contribution in [1.29, 1.82) is 0 Å². The van der Waals surface area contributed by atoms with Gasteiger partial charge in [-0.2, -0.15) is 0 Å². The van der Waals surface area contributed by atoms with Gasteiger partial charge in [0.05, 0.1) is 11.8 Å². The third-order valence-electron chi connectivity index (χ3n) is 6.70. The summed E-state index contributed by atoms with van der Waals surface area (Å²) in [6.07, 6.45) is 8.65. The molecule has 7 heteroatoms. The van der Waals surface area contributed by atoms with Crippen LogP contribution in [0.5, 0.6) is 5.75 Å². The van der Waals surface area contributed by atoms with Crippen LogP contribution in [0.15, 0.2) is 71.8 Å². The number of rotatable bonds is 7. The molecule has 4 heterocycles. The molecule has 34 heavy (non-hydrogen) atoms. The molecule has 7 nitrogen and oxygen atoms in total. The maximum atomic E-state index is 12.5. The lowest BCUT2D eigenvalue weighted by molar-refractivity contribution is 0.0594. The van der Waals surface area contributed by atoms with E-state index in [1.807, 2.05) is 29.4 Å². The van der Waals surface area contributed by atoms with Crippen LogP contribution in [0.1, 0.15) is 34.3 Å². The van der Waals surface area contributed by atoms with E-state index in [4.69, 9.17) is 9.15 Å². The van der Waals surface area contributed by atoms with E-state index < -0.39 is 0 Å². The van der Waals surface area contributed by atoms with Crippen LogP contribution >= 0.6 is 0 Å². The van der Waals surface area contributed by atoms with Gasteiger partial charge in [-0.05, 0) is 35.4 Å². The average molecular weight is 461 g/mol. The second kappa shape index (κ2) is 10.8. The molecule has 2 saturated heterocycles. The normalized spacial score (nSPS) is 18.2. The van der Waals surface area contributed by atoms with E-state index in [9.17, 15) is 4.79 Å². The predicted molar refractivity (Wildman–Crippen MR) is 129 cm³/mol. The van der Waals surface area contributed by atoms with Crippen molar-refractivity contribution in [3.8, 4) is 5.75 Å². The minimum Gasteiger partial charge on any atom is -0.490 e. The smallest absolute Gasteiger partial charge is 0.257 e. The zero-order valence-corrected chi connectivity index (χ0v) is 19.5. The summed E-state index contributed by atoms with van der Waals surface area (Å²) in [5, 5.41) is 0. The highest BCUT2D eigenvalue weighted by Gasteiger charge is 2.25. The Balaban J connectivity index is 1.07. The molecule has 0 aliphatic carbocycles. The molecule has 0 radical (unpaired) electrons. The number of benzene rings is 1. The van der Waals surface area contributed by atoms with Gasteiger partial charge in [-0.1, -0.05) is 18.2 Å². The molecule has 1 aromatic carbocycles. The fourth-order valence-electron chi connectivity index (χ4n) is 4.77. The lowest BCUT2D eigenvalue weighted by atomic mass is 10.1. The Hall–Kier alpha value is -3.16. The van der Waals surface area contributed by atoms with Crippen LogP contribution in [0, 0.1) is 0 Å². The minimum atomic E-state index is 0.0368. The van der Waals surface area contributed by atoms with Crippen molar-refractivity contribution in [1.82, 2.24) is 19.7 Å². The summed E-state index contributed by atoms with van der Waals surface area (Å²) in [7, 11) is 0. The van der Waals surface area contributed by atoms with Gasteiger partial charge in [-0.15, -0.1) is 0 Å². The summed E-state index contributed by atoms with van der Waals surface area (Å²) in [5.41, 5.74) is 3.17. The number of pyridine rings is 1. The van der Waals surface area contributed by atoms with Gasteiger partial charge in [0.25, 0.3) is 5.91 Å². The van der Waals surface area contributed by atoms with Crippen molar-refractivity contribution in [2.45, 2.75) is 32.0 Å². The third kappa shape index (κ3) is 5.85. The van der Waals surface area contributed by atoms with Crippen LogP contribution < -0.4 is 4.74 Å². The molecule has 0 bridgehead atoms. The standard InChI is InChI=1S/C27H32N4O3/c32-27(24-8-16-33-21-24)31-10-6-25(7-11-31)34-26-5-1-3-22(17-26)19-29-12-14-30(15-13-29)20-23-4-2-9-28-18-23/h1-5,8-9,16-18,21,25H,6-7,10-15,19-20H2. The van der Waals surface area contributed by atoms with Crippen LogP contribution in [-0.2, 0) is 13.1 Å². The molecule has 2 aromatic heterocycles. The third-order valence-corrected chi connectivity index (χ3v) is 6.70. The van der Waals surface area contributed by atoms with Gasteiger partial charge in [0.15, 0.2) is 0 Å². The Kier molecular flexibility index (Phi) is 7.22. The Labute approximate surface area is 200 Å². The molecule has 0 saturated carbocycles. The number of amides is 1. The summed E-state index contributed by atoms with van der Waals surface area (Å²) >= 11 is 0. The molecular weight excluding hydrogens is 428 g/mol. The van der Waals surface area contributed by atoms with E-state index in [-0.39, 0.29) is 12.0 Å². The van der Waals surface area contributed by atoms with E-state index in [2.05, 4.69) is 39.0 Å². The molecule has 2 aliphatic heterocycles. The Bertz CT molecular complexity index is 1040. The number of furan rings is 1. The van der Waals surface area contributed by atoms with Gasteiger partial charge in [-0.3, -0.25) is 19.6 Å². The molecule has 0 spiro atoms. The predicted octanol–water partition coefficient (Wildman–Crippen LogP) is 3.68. The molecule has 2 fully saturated rings. The number of carbonyl (C=O) groups is 1. The van der Waals surface area contributed by atoms with Crippen molar-refractivity contribution in [2.75, 3.05) is 39.3 Å². The van der Waals surface area contributed by atoms with Gasteiger partial charge in [0, 0.05) is 77.6 Å². The van der Waals surface area contributed by atoms with Gasteiger partial charge in [0.1, 0.15) is 18.1 Å². The van der Waals surface area contributed by atoms with Crippen molar-refractivity contribution < 1.29 is 13.9 Å². The first-order chi connectivity index (χ1) is 16.7. The Morgan fingerprint density at radius 2 is 1.68 bits per heavy atom. The number of carbonyl (C=O) groups excluding carboxylic acids is 1. The second-order valence-corrected chi connectivity index (χ2v) is 9.18. The van der Waals surface area contributed by atoms with Crippen LogP contribution in [0.3, 0.4) is 0 Å². The lowest BCUT2D eigenvalue weighted by Crippen LogP contribution is -2.45. The fourth-order valence-corrected chi connectivity index (χ4v) is 4.77. The molecule has 0 N–H and O–H groups in total. The van der Waals surface area contributed by atoms with Crippen LogP contribution in [-0.4, -0.2) is 71.0 Å². The monoisotopic (exact) mass is 460 g/mol. The maximum absolute atomic E-state index is 12.5. The van der Waals surface area contributed by atoms with E-state index in [0.717, 1.165) is 57.9 Å². The van der Waals surface area contributed by atoms with Crippen LogP contribution in [0.25, 0.3) is 0 Å². The van der Waals surface area contributed by atoms with Crippen molar-refractivity contribution in [3.05, 3.63) is 84.1 Å². The van der Waals surface area contributed by atoms with Crippen LogP contribution in [0.2, 0.25) is 0 Å². The summed E-state index contributed by atoms with van der Waals surface area (Å²) in [5.74, 6) is 0.960. The maximum Gasteiger partial charge on any atom is 0.257 e. The number of aromatic nitrogens is 1. The lowest BCUT2D eigenvalue weighted by Gasteiger charge is -2.35. The number of piperazine rings is 1. The van der Waals surface area contributed by atoms with Crippen molar-refractivity contribution in [2.24, 2.45) is 0 Å². The molecule has 1 amide bonds. The minimum absolute atomic E-state index is 0.0368. The van der Waals surface area contributed by atoms with Gasteiger partial charge >= 0.3 is 0 Å². The number of piperidine rings is 1. The molecule has 3 aromatic rings. The highest BCUT2D eigenvalue weighted by molar-refractivity contribution is 5.93. The topological polar surface area (TPSA) is 62.1 Å². The highest BCUT2D eigenvalue weighted by Crippen LogP contribution is 2.22. The molecule has 2 aliphatic rings. The molecule has 0 unspecified atom stereocenters. The number of hydrogen-bond acceptors (Lipinski definition) is 6. The zero-order chi connectivity index (χ0) is 23.2. The fraction of sp³-hybridized carbons (Fsp3) is 0.407. The molecular formula is C27H32N4O3. The van der Waals surface area contributed by atoms with E-state index in [1.165, 1.54) is 17.4 Å². The largest absolute Gasteiger partial charge is 0.490 e. The van der Waals surface area contributed by atoms with Crippen molar-refractivity contribution in [3.63, 3.8) is 0 Å². The first kappa shape index (κ1) is 22.6. The van der Waals surface area contributed by atoms with Gasteiger partial charge in [-0.25, -0.2) is 0 Å². The second-order valence-electron chi connectivity index (χ2n) is 9.18. The number of nitrogens with zero attached hydrogens (tertiary/aromatic N) is 4. The first-order valence-electron chi connectivity index (χ1n) is 12.1. The molecule has 0 atom stereocenters. The van der Waals surface area contributed by atoms with Crippen LogP contribution in [0.4, 0.5) is 0 Å². The quantitative estimate of drug-likeness (QED) is 0.536. The Morgan fingerprint density at radius 1 is 0.941 bits per heavy atom. The summed E-state index contributed by atoms with van der Waals surface area (Å²) in [4.78, 5) is 23.6. The first-order valence-corrected chi connectivity index (χ1v) is 12.1. The zero-order valence-electron chi connectivity index (χ0n) is 19.5. The number of ether oxygens (including phenoxy) is 1. The highest BCUT2D eigenvalue weighted by atomic mass is 16.5. The molecule has 178 valence electrons.